The van der Waals surface area contributed by atoms with Gasteiger partial charge in [0.25, 0.3) is 0 Å². The minimum Gasteiger partial charge on any atom is -0.359 e. The third kappa shape index (κ3) is 3.52. The highest BCUT2D eigenvalue weighted by Crippen LogP contribution is 2.26. The first-order valence-electron chi connectivity index (χ1n) is 7.56. The molecule has 2 N–H and O–H groups in total. The Morgan fingerprint density at radius 2 is 2.14 bits per heavy atom. The fourth-order valence-corrected chi connectivity index (χ4v) is 4.12. The van der Waals surface area contributed by atoms with E-state index in [4.69, 9.17) is 12.2 Å². The lowest BCUT2D eigenvalue weighted by Gasteiger charge is -2.30. The van der Waals surface area contributed by atoms with Gasteiger partial charge in [-0.05, 0) is 56.1 Å². The first kappa shape index (κ1) is 14.7. The number of thiazole rings is 1. The largest absolute Gasteiger partial charge is 0.359 e. The molecule has 0 bridgehead atoms. The van der Waals surface area contributed by atoms with Gasteiger partial charge in [-0.1, -0.05) is 19.8 Å². The number of thiocarbonyl (C=S) groups is 1. The van der Waals surface area contributed by atoms with Crippen molar-refractivity contribution in [3.63, 3.8) is 0 Å². The third-order valence-corrected chi connectivity index (χ3v) is 5.33. The molecule has 21 heavy (non-hydrogen) atoms. The van der Waals surface area contributed by atoms with Crippen molar-refractivity contribution in [2.45, 2.75) is 45.6 Å². The molecular formula is C16H21N3S2. The van der Waals surface area contributed by atoms with Crippen LogP contribution in [0, 0.1) is 12.8 Å². The summed E-state index contributed by atoms with van der Waals surface area (Å²) in [6.07, 6.45) is 5.17. The lowest BCUT2D eigenvalue weighted by Crippen LogP contribution is -2.43. The van der Waals surface area contributed by atoms with Crippen molar-refractivity contribution in [1.82, 2.24) is 10.3 Å². The number of hydrogen-bond acceptors (Lipinski definition) is 3. The normalized spacial score (nSPS) is 22.2. The molecule has 0 spiro atoms. The molecule has 1 saturated carbocycles. The van der Waals surface area contributed by atoms with Crippen LogP contribution in [0.4, 0.5) is 5.69 Å². The molecule has 112 valence electrons. The summed E-state index contributed by atoms with van der Waals surface area (Å²) in [5.74, 6) is 0.699. The van der Waals surface area contributed by atoms with Gasteiger partial charge in [0, 0.05) is 11.7 Å². The van der Waals surface area contributed by atoms with E-state index in [1.165, 1.54) is 30.4 Å². The Labute approximate surface area is 135 Å². The summed E-state index contributed by atoms with van der Waals surface area (Å²) in [5.41, 5.74) is 2.09. The van der Waals surface area contributed by atoms with E-state index < -0.39 is 0 Å². The van der Waals surface area contributed by atoms with Gasteiger partial charge in [0.15, 0.2) is 5.11 Å². The van der Waals surface area contributed by atoms with E-state index in [2.05, 4.69) is 28.6 Å². The molecule has 3 nitrogen and oxygen atoms in total. The number of benzene rings is 1. The first-order valence-corrected chi connectivity index (χ1v) is 8.79. The second-order valence-electron chi connectivity index (χ2n) is 5.88. The number of nitrogens with one attached hydrogen (secondary N) is 2. The van der Waals surface area contributed by atoms with Gasteiger partial charge < -0.3 is 10.6 Å². The van der Waals surface area contributed by atoms with Crippen LogP contribution in [-0.2, 0) is 0 Å². The van der Waals surface area contributed by atoms with Gasteiger partial charge in [-0.25, -0.2) is 4.98 Å². The van der Waals surface area contributed by atoms with E-state index in [1.807, 2.05) is 19.1 Å². The minimum atomic E-state index is 0.508. The number of rotatable bonds is 2. The SMILES string of the molecule is Cc1nc2ccc(NC(=S)N[C@@H]3CCCC[C@H]3C)cc2s1. The lowest BCUT2D eigenvalue weighted by atomic mass is 9.86. The van der Waals surface area contributed by atoms with E-state index in [-0.39, 0.29) is 0 Å². The predicted molar refractivity (Wildman–Crippen MR) is 95.1 cm³/mol. The molecule has 2 atom stereocenters. The number of aryl methyl sites for hydroxylation is 1. The molecule has 1 aromatic carbocycles. The van der Waals surface area contributed by atoms with Gasteiger partial charge >= 0.3 is 0 Å². The van der Waals surface area contributed by atoms with Gasteiger partial charge in [0.05, 0.1) is 15.2 Å². The molecule has 1 fully saturated rings. The summed E-state index contributed by atoms with van der Waals surface area (Å²) >= 11 is 7.18. The van der Waals surface area contributed by atoms with Crippen molar-refractivity contribution >= 4 is 44.6 Å². The fourth-order valence-electron chi connectivity index (χ4n) is 2.98. The van der Waals surface area contributed by atoms with Crippen molar-refractivity contribution in [3.05, 3.63) is 23.2 Å². The molecule has 1 aliphatic rings. The molecule has 0 radical (unpaired) electrons. The molecule has 0 aliphatic heterocycles. The Kier molecular flexibility index (Phi) is 4.40. The molecule has 1 heterocycles. The van der Waals surface area contributed by atoms with Crippen LogP contribution in [0.15, 0.2) is 18.2 Å². The molecule has 1 aliphatic carbocycles. The quantitative estimate of drug-likeness (QED) is 0.801. The van der Waals surface area contributed by atoms with Crippen molar-refractivity contribution in [3.8, 4) is 0 Å². The smallest absolute Gasteiger partial charge is 0.171 e. The monoisotopic (exact) mass is 319 g/mol. The minimum absolute atomic E-state index is 0.508. The predicted octanol–water partition coefficient (Wildman–Crippen LogP) is 4.47. The summed E-state index contributed by atoms with van der Waals surface area (Å²) in [6, 6.07) is 6.72. The number of fused-ring (bicyclic) bond motifs is 1. The molecule has 0 amide bonds. The standard InChI is InChI=1S/C16H21N3S2/c1-10-5-3-4-6-13(10)19-16(20)18-12-7-8-14-15(9-12)21-11(2)17-14/h7-10,13H,3-6H2,1-2H3,(H2,18,19,20)/t10-,13-/m1/s1. The number of hydrogen-bond donors (Lipinski definition) is 2. The van der Waals surface area contributed by atoms with E-state index >= 15 is 0 Å². The summed E-state index contributed by atoms with van der Waals surface area (Å²) in [7, 11) is 0. The van der Waals surface area contributed by atoms with Crippen LogP contribution in [0.2, 0.25) is 0 Å². The second-order valence-corrected chi connectivity index (χ2v) is 7.53. The van der Waals surface area contributed by atoms with Crippen LogP contribution in [0.3, 0.4) is 0 Å². The van der Waals surface area contributed by atoms with Crippen LogP contribution in [-0.4, -0.2) is 16.1 Å². The highest BCUT2D eigenvalue weighted by atomic mass is 32.1. The molecular weight excluding hydrogens is 298 g/mol. The summed E-state index contributed by atoms with van der Waals surface area (Å²) in [4.78, 5) is 4.48. The average molecular weight is 319 g/mol. The Morgan fingerprint density at radius 1 is 1.33 bits per heavy atom. The zero-order valence-electron chi connectivity index (χ0n) is 12.5. The number of aromatic nitrogens is 1. The Morgan fingerprint density at radius 3 is 2.95 bits per heavy atom. The molecule has 0 saturated heterocycles. The average Bonchev–Trinajstić information content (AvgIpc) is 2.80. The van der Waals surface area contributed by atoms with Gasteiger partial charge in [0.2, 0.25) is 0 Å². The maximum Gasteiger partial charge on any atom is 0.171 e. The van der Waals surface area contributed by atoms with Crippen molar-refractivity contribution in [2.24, 2.45) is 5.92 Å². The van der Waals surface area contributed by atoms with Crippen molar-refractivity contribution in [2.75, 3.05) is 5.32 Å². The van der Waals surface area contributed by atoms with Crippen LogP contribution < -0.4 is 10.6 Å². The topological polar surface area (TPSA) is 37.0 Å². The fraction of sp³-hybridized carbons (Fsp3) is 0.500. The highest BCUT2D eigenvalue weighted by molar-refractivity contribution is 7.80. The maximum atomic E-state index is 5.46. The number of anilines is 1. The van der Waals surface area contributed by atoms with Crippen LogP contribution in [0.25, 0.3) is 10.2 Å². The van der Waals surface area contributed by atoms with Crippen LogP contribution in [0.1, 0.15) is 37.6 Å². The summed E-state index contributed by atoms with van der Waals surface area (Å²) in [6.45, 7) is 4.35. The molecule has 0 unspecified atom stereocenters. The van der Waals surface area contributed by atoms with Crippen LogP contribution in [0.5, 0.6) is 0 Å². The van der Waals surface area contributed by atoms with E-state index in [0.29, 0.717) is 12.0 Å². The number of nitrogens with zero attached hydrogens (tertiary/aromatic N) is 1. The van der Waals surface area contributed by atoms with Gasteiger partial charge in [0.1, 0.15) is 0 Å². The van der Waals surface area contributed by atoms with E-state index in [0.717, 1.165) is 21.3 Å². The van der Waals surface area contributed by atoms with Crippen LogP contribution >= 0.6 is 23.6 Å². The third-order valence-electron chi connectivity index (χ3n) is 4.18. The zero-order chi connectivity index (χ0) is 14.8. The van der Waals surface area contributed by atoms with Gasteiger partial charge in [-0.2, -0.15) is 0 Å². The van der Waals surface area contributed by atoms with Gasteiger partial charge in [-0.15, -0.1) is 11.3 Å². The van der Waals surface area contributed by atoms with Gasteiger partial charge in [-0.3, -0.25) is 0 Å². The summed E-state index contributed by atoms with van der Waals surface area (Å²) < 4.78 is 1.20. The van der Waals surface area contributed by atoms with E-state index in [1.54, 1.807) is 11.3 Å². The van der Waals surface area contributed by atoms with Crippen molar-refractivity contribution < 1.29 is 0 Å². The zero-order valence-corrected chi connectivity index (χ0v) is 14.1. The summed E-state index contributed by atoms with van der Waals surface area (Å²) in [5, 5.41) is 8.62. The molecule has 1 aromatic heterocycles. The Balaban J connectivity index is 1.65. The maximum absolute atomic E-state index is 5.46. The molecule has 5 heteroatoms. The van der Waals surface area contributed by atoms with Crippen molar-refractivity contribution in [1.29, 1.82) is 0 Å². The second kappa shape index (κ2) is 6.28. The molecule has 2 aromatic rings. The lowest BCUT2D eigenvalue weighted by molar-refractivity contribution is 0.309. The Bertz CT molecular complexity index is 650. The first-order chi connectivity index (χ1) is 10.1. The molecule has 3 rings (SSSR count). The Hall–Kier alpha value is -1.20. The highest BCUT2D eigenvalue weighted by Gasteiger charge is 2.21. The van der Waals surface area contributed by atoms with E-state index in [9.17, 15) is 0 Å².